The molecule has 0 fully saturated rings. The molecule has 0 spiro atoms. The van der Waals surface area contributed by atoms with Gasteiger partial charge in [0.25, 0.3) is 5.56 Å². The number of fused-ring (bicyclic) bond motifs is 1. The number of rotatable bonds is 7. The minimum atomic E-state index is -0.618. The van der Waals surface area contributed by atoms with Crippen molar-refractivity contribution in [3.05, 3.63) is 116 Å². The number of pyridine rings is 1. The summed E-state index contributed by atoms with van der Waals surface area (Å²) in [6.45, 7) is -0.0663. The van der Waals surface area contributed by atoms with Gasteiger partial charge in [-0.3, -0.25) is 4.79 Å². The summed E-state index contributed by atoms with van der Waals surface area (Å²) < 4.78 is 14.3. The summed E-state index contributed by atoms with van der Waals surface area (Å²) in [7, 11) is 0. The van der Waals surface area contributed by atoms with E-state index in [0.717, 1.165) is 11.6 Å². The number of aromatic nitrogens is 3. The zero-order valence-corrected chi connectivity index (χ0v) is 21.8. The Morgan fingerprint density at radius 2 is 1.82 bits per heavy atom. The minimum Gasteiger partial charge on any atom is -0.507 e. The fourth-order valence-corrected chi connectivity index (χ4v) is 4.69. The van der Waals surface area contributed by atoms with Gasteiger partial charge in [0.2, 0.25) is 0 Å². The second-order valence-electron chi connectivity index (χ2n) is 8.85. The molecule has 3 aromatic carbocycles. The number of carbonyl (C=O) groups excluding carboxylic acids is 1. The molecule has 1 atom stereocenters. The van der Waals surface area contributed by atoms with Gasteiger partial charge in [-0.2, -0.15) is 0 Å². The predicted octanol–water partition coefficient (Wildman–Crippen LogP) is 5.85. The molecule has 0 aliphatic heterocycles. The third kappa shape index (κ3) is 5.89. The van der Waals surface area contributed by atoms with Crippen molar-refractivity contribution in [3.63, 3.8) is 0 Å². The van der Waals surface area contributed by atoms with Gasteiger partial charge in [0, 0.05) is 29.1 Å². The van der Waals surface area contributed by atoms with Crippen molar-refractivity contribution >= 4 is 40.1 Å². The highest BCUT2D eigenvalue weighted by Crippen LogP contribution is 2.32. The summed E-state index contributed by atoms with van der Waals surface area (Å²) in [5.41, 5.74) is 2.24. The van der Waals surface area contributed by atoms with E-state index >= 15 is 0 Å². The number of hydrogen-bond donors (Lipinski definition) is 5. The van der Waals surface area contributed by atoms with E-state index in [0.29, 0.717) is 34.4 Å². The van der Waals surface area contributed by atoms with Crippen LogP contribution in [0, 0.1) is 5.82 Å². The molecule has 0 bridgehead atoms. The van der Waals surface area contributed by atoms with E-state index in [4.69, 9.17) is 23.2 Å². The molecule has 2 aromatic heterocycles. The second kappa shape index (κ2) is 11.2. The molecular weight excluding hydrogens is 544 g/mol. The maximum Gasteiger partial charge on any atom is 0.315 e. The predicted molar refractivity (Wildman–Crippen MR) is 148 cm³/mol. The molecule has 5 rings (SSSR count). The monoisotopic (exact) mass is 565 g/mol. The quantitative estimate of drug-likeness (QED) is 0.170. The highest BCUT2D eigenvalue weighted by Gasteiger charge is 2.22. The first-order valence-corrected chi connectivity index (χ1v) is 12.7. The number of benzene rings is 3. The number of carbonyl (C=O) groups is 1. The van der Waals surface area contributed by atoms with Crippen molar-refractivity contribution in [1.82, 2.24) is 25.6 Å². The van der Waals surface area contributed by atoms with Gasteiger partial charge in [0.05, 0.1) is 16.6 Å². The van der Waals surface area contributed by atoms with Gasteiger partial charge in [-0.1, -0.05) is 71.7 Å². The van der Waals surface area contributed by atoms with Crippen molar-refractivity contribution in [2.24, 2.45) is 0 Å². The molecule has 198 valence electrons. The van der Waals surface area contributed by atoms with Gasteiger partial charge >= 0.3 is 6.03 Å². The van der Waals surface area contributed by atoms with E-state index in [1.54, 1.807) is 30.3 Å². The van der Waals surface area contributed by atoms with Gasteiger partial charge in [-0.25, -0.2) is 14.2 Å². The lowest BCUT2D eigenvalue weighted by Gasteiger charge is -2.18. The molecule has 8 nitrogen and oxygen atoms in total. The largest absolute Gasteiger partial charge is 0.507 e. The van der Waals surface area contributed by atoms with Crippen LogP contribution in [0.3, 0.4) is 0 Å². The van der Waals surface area contributed by atoms with Crippen LogP contribution < -0.4 is 16.2 Å². The Kier molecular flexibility index (Phi) is 7.53. The molecule has 0 radical (unpaired) electrons. The number of nitrogens with zero attached hydrogens (tertiary/aromatic N) is 1. The Hall–Kier alpha value is -4.34. The number of urea groups is 1. The van der Waals surface area contributed by atoms with Crippen LogP contribution in [0.5, 0.6) is 5.75 Å². The molecule has 0 saturated heterocycles. The van der Waals surface area contributed by atoms with E-state index < -0.39 is 23.4 Å². The number of H-pyrrole nitrogens is 2. The van der Waals surface area contributed by atoms with E-state index in [9.17, 15) is 19.1 Å². The van der Waals surface area contributed by atoms with Crippen molar-refractivity contribution in [3.8, 4) is 17.0 Å². The number of imidazole rings is 1. The summed E-state index contributed by atoms with van der Waals surface area (Å²) in [6, 6.07) is 19.1. The van der Waals surface area contributed by atoms with Crippen molar-refractivity contribution < 1.29 is 14.3 Å². The SMILES string of the molecule is O=C(NCc1cccc(Cl)c1F)N[C@@H](Cc1ccccc1)c1nc(-c2ccc3[nH]c(=O)cc(O)c3c2)c(Cl)[nH]1. The van der Waals surface area contributed by atoms with E-state index in [-0.39, 0.29) is 28.0 Å². The van der Waals surface area contributed by atoms with Crippen LogP contribution >= 0.6 is 23.2 Å². The Morgan fingerprint density at radius 3 is 2.62 bits per heavy atom. The zero-order valence-electron chi connectivity index (χ0n) is 20.3. The Balaban J connectivity index is 1.42. The fourth-order valence-electron chi connectivity index (χ4n) is 4.24. The molecule has 0 aliphatic rings. The van der Waals surface area contributed by atoms with Gasteiger partial charge < -0.3 is 25.7 Å². The van der Waals surface area contributed by atoms with Gasteiger partial charge in [-0.05, 0) is 30.2 Å². The number of aromatic hydroxyl groups is 1. The summed E-state index contributed by atoms with van der Waals surface area (Å²) in [6.07, 6.45) is 0.392. The maximum absolute atomic E-state index is 14.3. The van der Waals surface area contributed by atoms with Crippen molar-refractivity contribution in [2.75, 3.05) is 0 Å². The standard InChI is InChI=1S/C28H22Cl2FN5O3/c29-19-8-4-7-17(24(19)31)14-32-28(39)34-21(11-15-5-2-1-3-6-15)27-35-25(26(30)36-27)16-9-10-20-18(12-16)22(37)13-23(38)33-20/h1-10,12-13,21H,11,14H2,(H,35,36)(H2,32,34,39)(H2,33,37,38)/t21-/m0/s1. The van der Waals surface area contributed by atoms with Crippen LogP contribution in [0.15, 0.2) is 77.6 Å². The molecule has 0 unspecified atom stereocenters. The third-order valence-electron chi connectivity index (χ3n) is 6.16. The van der Waals surface area contributed by atoms with Crippen LogP contribution in [0.25, 0.3) is 22.2 Å². The number of nitrogens with one attached hydrogen (secondary N) is 4. The lowest BCUT2D eigenvalue weighted by molar-refractivity contribution is 0.236. The number of hydrogen-bond acceptors (Lipinski definition) is 4. The summed E-state index contributed by atoms with van der Waals surface area (Å²) in [5, 5.41) is 16.4. The van der Waals surface area contributed by atoms with Crippen LogP contribution in [0.1, 0.15) is 23.0 Å². The highest BCUT2D eigenvalue weighted by molar-refractivity contribution is 6.32. The normalized spacial score (nSPS) is 11.9. The van der Waals surface area contributed by atoms with Gasteiger partial charge in [-0.15, -0.1) is 0 Å². The van der Waals surface area contributed by atoms with Crippen LogP contribution in [-0.4, -0.2) is 26.1 Å². The summed E-state index contributed by atoms with van der Waals surface area (Å²) in [5.74, 6) is -0.360. The Bertz CT molecular complexity index is 1720. The van der Waals surface area contributed by atoms with Crippen LogP contribution in [0.4, 0.5) is 9.18 Å². The fraction of sp³-hybridized carbons (Fsp3) is 0.107. The molecule has 0 aliphatic carbocycles. The second-order valence-corrected chi connectivity index (χ2v) is 9.63. The maximum atomic E-state index is 14.3. The third-order valence-corrected chi connectivity index (χ3v) is 6.73. The average Bonchev–Trinajstić information content (AvgIpc) is 3.31. The first-order chi connectivity index (χ1) is 18.8. The van der Waals surface area contributed by atoms with Crippen molar-refractivity contribution in [2.45, 2.75) is 19.0 Å². The Labute approximate surface area is 231 Å². The highest BCUT2D eigenvalue weighted by atomic mass is 35.5. The number of aromatic amines is 2. The molecule has 0 saturated carbocycles. The van der Waals surface area contributed by atoms with E-state index in [2.05, 4.69) is 25.6 Å². The van der Waals surface area contributed by atoms with Crippen LogP contribution in [-0.2, 0) is 13.0 Å². The first kappa shape index (κ1) is 26.3. The van der Waals surface area contributed by atoms with Crippen molar-refractivity contribution in [1.29, 1.82) is 0 Å². The lowest BCUT2D eigenvalue weighted by Crippen LogP contribution is -2.39. The smallest absolute Gasteiger partial charge is 0.315 e. The summed E-state index contributed by atoms with van der Waals surface area (Å²) >= 11 is 12.4. The van der Waals surface area contributed by atoms with E-state index in [1.807, 2.05) is 30.3 Å². The average molecular weight is 566 g/mol. The van der Waals surface area contributed by atoms with Gasteiger partial charge in [0.1, 0.15) is 28.2 Å². The summed E-state index contributed by atoms with van der Waals surface area (Å²) in [4.78, 5) is 34.9. The molecular formula is C28H22Cl2FN5O3. The first-order valence-electron chi connectivity index (χ1n) is 11.9. The molecule has 2 heterocycles. The van der Waals surface area contributed by atoms with Gasteiger partial charge in [0.15, 0.2) is 0 Å². The topological polar surface area (TPSA) is 123 Å². The number of amides is 2. The minimum absolute atomic E-state index is 0.0252. The molecule has 5 aromatic rings. The van der Waals surface area contributed by atoms with E-state index in [1.165, 1.54) is 6.07 Å². The molecule has 39 heavy (non-hydrogen) atoms. The Morgan fingerprint density at radius 1 is 1.03 bits per heavy atom. The molecule has 2 amide bonds. The molecule has 11 heteroatoms. The number of halogens is 3. The lowest BCUT2D eigenvalue weighted by atomic mass is 10.1. The zero-order chi connectivity index (χ0) is 27.5. The van der Waals surface area contributed by atoms with Crippen LogP contribution in [0.2, 0.25) is 10.2 Å². The molecule has 5 N–H and O–H groups in total.